The van der Waals surface area contributed by atoms with Crippen LogP contribution in [-0.2, 0) is 16.0 Å². The summed E-state index contributed by atoms with van der Waals surface area (Å²) in [5.41, 5.74) is 1.03. The molecule has 1 rings (SSSR count). The number of carboxylic acids is 1. The highest BCUT2D eigenvalue weighted by Gasteiger charge is 2.18. The summed E-state index contributed by atoms with van der Waals surface area (Å²) in [7, 11) is 0. The van der Waals surface area contributed by atoms with Crippen molar-refractivity contribution in [2.45, 2.75) is 25.8 Å². The zero-order chi connectivity index (χ0) is 12.8. The molecule has 5 heteroatoms. The lowest BCUT2D eigenvalue weighted by Gasteiger charge is -2.13. The van der Waals surface area contributed by atoms with E-state index in [4.69, 9.17) is 5.11 Å². The predicted molar refractivity (Wildman–Crippen MR) is 67.7 cm³/mol. The van der Waals surface area contributed by atoms with Crippen molar-refractivity contribution in [2.75, 3.05) is 0 Å². The maximum absolute atomic E-state index is 10.9. The molecule has 92 valence electrons. The van der Waals surface area contributed by atoms with Crippen LogP contribution < -0.4 is 5.32 Å². The molecule has 0 spiro atoms. The van der Waals surface area contributed by atoms with Crippen molar-refractivity contribution in [3.05, 3.63) is 34.3 Å². The molecule has 0 bridgehead atoms. The Balaban J connectivity index is 2.61. The van der Waals surface area contributed by atoms with Gasteiger partial charge < -0.3 is 10.4 Å². The van der Waals surface area contributed by atoms with Gasteiger partial charge in [-0.05, 0) is 24.5 Å². The van der Waals surface area contributed by atoms with Gasteiger partial charge in [-0.1, -0.05) is 34.1 Å². The van der Waals surface area contributed by atoms with Crippen LogP contribution in [0.25, 0.3) is 0 Å². The normalized spacial score (nSPS) is 11.9. The molecule has 0 saturated carbocycles. The van der Waals surface area contributed by atoms with Gasteiger partial charge in [0.25, 0.3) is 0 Å². The van der Waals surface area contributed by atoms with Crippen LogP contribution in [0.4, 0.5) is 0 Å². The zero-order valence-electron chi connectivity index (χ0n) is 9.44. The second-order valence-corrected chi connectivity index (χ2v) is 4.58. The monoisotopic (exact) mass is 299 g/mol. The average Bonchev–Trinajstić information content (AvgIpc) is 2.25. The number of benzene rings is 1. The Labute approximate surface area is 108 Å². The third-order valence-electron chi connectivity index (χ3n) is 2.34. The van der Waals surface area contributed by atoms with E-state index < -0.39 is 12.0 Å². The molecule has 0 aromatic heterocycles. The Hall–Kier alpha value is -1.36. The molecule has 4 nitrogen and oxygen atoms in total. The van der Waals surface area contributed by atoms with Crippen LogP contribution in [0.15, 0.2) is 28.7 Å². The summed E-state index contributed by atoms with van der Waals surface area (Å²) in [5.74, 6) is -1.34. The highest BCUT2D eigenvalue weighted by Crippen LogP contribution is 2.18. The number of carbonyl (C=O) groups excluding carboxylic acids is 1. The number of aryl methyl sites for hydroxylation is 1. The molecule has 0 fully saturated rings. The molecule has 0 aliphatic carbocycles. The van der Waals surface area contributed by atoms with E-state index in [1.165, 1.54) is 6.92 Å². The lowest BCUT2D eigenvalue weighted by Crippen LogP contribution is -2.39. The Morgan fingerprint density at radius 1 is 1.41 bits per heavy atom. The van der Waals surface area contributed by atoms with Crippen LogP contribution in [0.2, 0.25) is 0 Å². The highest BCUT2D eigenvalue weighted by atomic mass is 79.9. The maximum atomic E-state index is 10.9. The number of carboxylic acid groups (broad SMARTS) is 1. The Morgan fingerprint density at radius 2 is 2.06 bits per heavy atom. The molecule has 0 saturated heterocycles. The summed E-state index contributed by atoms with van der Waals surface area (Å²) in [5, 5.41) is 11.4. The van der Waals surface area contributed by atoms with E-state index in [0.717, 1.165) is 10.0 Å². The van der Waals surface area contributed by atoms with Crippen molar-refractivity contribution in [3.63, 3.8) is 0 Å². The molecule has 1 amide bonds. The van der Waals surface area contributed by atoms with Gasteiger partial charge in [0, 0.05) is 11.4 Å². The number of nitrogens with one attached hydrogen (secondary N) is 1. The number of rotatable bonds is 5. The molecule has 0 heterocycles. The minimum absolute atomic E-state index is 0.329. The molecule has 1 unspecified atom stereocenters. The van der Waals surface area contributed by atoms with Gasteiger partial charge in [0.15, 0.2) is 0 Å². The van der Waals surface area contributed by atoms with Crippen LogP contribution in [0, 0.1) is 0 Å². The minimum Gasteiger partial charge on any atom is -0.480 e. The summed E-state index contributed by atoms with van der Waals surface area (Å²) in [6.45, 7) is 1.31. The number of amides is 1. The van der Waals surface area contributed by atoms with Crippen LogP contribution in [0.1, 0.15) is 18.9 Å². The summed E-state index contributed by atoms with van der Waals surface area (Å²) >= 11 is 3.40. The Kier molecular flexibility index (Phi) is 5.15. The first-order chi connectivity index (χ1) is 8.00. The van der Waals surface area contributed by atoms with Gasteiger partial charge in [0.1, 0.15) is 6.04 Å². The zero-order valence-corrected chi connectivity index (χ0v) is 11.0. The van der Waals surface area contributed by atoms with Gasteiger partial charge in [-0.25, -0.2) is 4.79 Å². The first-order valence-corrected chi connectivity index (χ1v) is 6.03. The van der Waals surface area contributed by atoms with Gasteiger partial charge in [-0.15, -0.1) is 0 Å². The molecule has 0 aliphatic rings. The fourth-order valence-electron chi connectivity index (χ4n) is 1.50. The molecular formula is C12H14BrNO3. The highest BCUT2D eigenvalue weighted by molar-refractivity contribution is 9.10. The van der Waals surface area contributed by atoms with Crippen LogP contribution >= 0.6 is 15.9 Å². The summed E-state index contributed by atoms with van der Waals surface area (Å²) in [6, 6.07) is 6.80. The van der Waals surface area contributed by atoms with Crippen LogP contribution in [0.5, 0.6) is 0 Å². The van der Waals surface area contributed by atoms with Crippen molar-refractivity contribution < 1.29 is 14.7 Å². The van der Waals surface area contributed by atoms with Crippen molar-refractivity contribution in [3.8, 4) is 0 Å². The van der Waals surface area contributed by atoms with Crippen molar-refractivity contribution in [1.82, 2.24) is 5.32 Å². The maximum Gasteiger partial charge on any atom is 0.326 e. The van der Waals surface area contributed by atoms with Gasteiger partial charge in [-0.3, -0.25) is 4.79 Å². The van der Waals surface area contributed by atoms with E-state index >= 15 is 0 Å². The minimum atomic E-state index is -1.01. The molecule has 1 aromatic rings. The van der Waals surface area contributed by atoms with E-state index in [1.54, 1.807) is 0 Å². The van der Waals surface area contributed by atoms with Crippen LogP contribution in [-0.4, -0.2) is 23.0 Å². The standard InChI is InChI=1S/C12H14BrNO3/c1-8(15)14-11(12(16)17)7-6-9-4-2-3-5-10(9)13/h2-5,11H,6-7H2,1H3,(H,14,15)(H,16,17). The van der Waals surface area contributed by atoms with Crippen LogP contribution in [0.3, 0.4) is 0 Å². The average molecular weight is 300 g/mol. The SMILES string of the molecule is CC(=O)NC(CCc1ccccc1Br)C(=O)O. The number of halogens is 1. The lowest BCUT2D eigenvalue weighted by molar-refractivity contribution is -0.141. The number of carbonyl (C=O) groups is 2. The van der Waals surface area contributed by atoms with E-state index in [1.807, 2.05) is 24.3 Å². The molecule has 1 aromatic carbocycles. The molecule has 17 heavy (non-hydrogen) atoms. The summed E-state index contributed by atoms with van der Waals surface area (Å²) in [4.78, 5) is 21.8. The van der Waals surface area contributed by atoms with Gasteiger partial charge in [0.05, 0.1) is 0 Å². The Morgan fingerprint density at radius 3 is 2.59 bits per heavy atom. The van der Waals surface area contributed by atoms with Crippen molar-refractivity contribution in [1.29, 1.82) is 0 Å². The third-order valence-corrected chi connectivity index (χ3v) is 3.11. The van der Waals surface area contributed by atoms with Gasteiger partial charge in [-0.2, -0.15) is 0 Å². The molecule has 0 radical (unpaired) electrons. The van der Waals surface area contributed by atoms with Gasteiger partial charge >= 0.3 is 5.97 Å². The quantitative estimate of drug-likeness (QED) is 0.873. The molecule has 2 N–H and O–H groups in total. The topological polar surface area (TPSA) is 66.4 Å². The second-order valence-electron chi connectivity index (χ2n) is 3.72. The summed E-state index contributed by atoms with van der Waals surface area (Å²) < 4.78 is 0.951. The van der Waals surface area contributed by atoms with E-state index in [-0.39, 0.29) is 5.91 Å². The summed E-state index contributed by atoms with van der Waals surface area (Å²) in [6.07, 6.45) is 0.968. The first-order valence-electron chi connectivity index (χ1n) is 5.24. The molecular weight excluding hydrogens is 286 g/mol. The second kappa shape index (κ2) is 6.39. The van der Waals surface area contributed by atoms with E-state index in [9.17, 15) is 9.59 Å². The number of hydrogen-bond donors (Lipinski definition) is 2. The third kappa shape index (κ3) is 4.56. The number of hydrogen-bond acceptors (Lipinski definition) is 2. The molecule has 0 aliphatic heterocycles. The first kappa shape index (κ1) is 13.7. The smallest absolute Gasteiger partial charge is 0.326 e. The van der Waals surface area contributed by atoms with Crippen molar-refractivity contribution in [2.24, 2.45) is 0 Å². The fourth-order valence-corrected chi connectivity index (χ4v) is 1.99. The van der Waals surface area contributed by atoms with Gasteiger partial charge in [0.2, 0.25) is 5.91 Å². The molecule has 1 atom stereocenters. The fraction of sp³-hybridized carbons (Fsp3) is 0.333. The van der Waals surface area contributed by atoms with E-state index in [2.05, 4.69) is 21.2 Å². The van der Waals surface area contributed by atoms with E-state index in [0.29, 0.717) is 12.8 Å². The number of aliphatic carboxylic acids is 1. The largest absolute Gasteiger partial charge is 0.480 e. The Bertz CT molecular complexity index is 420. The predicted octanol–water partition coefficient (Wildman–Crippen LogP) is 1.97. The lowest BCUT2D eigenvalue weighted by atomic mass is 10.1. The van der Waals surface area contributed by atoms with Crippen molar-refractivity contribution >= 4 is 27.8 Å².